The highest BCUT2D eigenvalue weighted by Gasteiger charge is 2.31. The number of fused-ring (bicyclic) bond motifs is 5. The van der Waals surface area contributed by atoms with Crippen molar-refractivity contribution in [1.29, 1.82) is 5.26 Å². The van der Waals surface area contributed by atoms with Gasteiger partial charge in [0.2, 0.25) is 0 Å². The van der Waals surface area contributed by atoms with Crippen molar-refractivity contribution < 1.29 is 4.79 Å². The van der Waals surface area contributed by atoms with Crippen LogP contribution in [-0.4, -0.2) is 46.1 Å². The number of carbonyl (C=O) groups excluding carboxylic acids is 1. The molecular formula is C24H21N5O. The molecule has 5 rings (SSSR count). The van der Waals surface area contributed by atoms with Crippen LogP contribution in [-0.2, 0) is 6.54 Å². The Bertz CT molecular complexity index is 1340. The summed E-state index contributed by atoms with van der Waals surface area (Å²) in [5, 5.41) is 14.5. The summed E-state index contributed by atoms with van der Waals surface area (Å²) in [6, 6.07) is 13.5. The smallest absolute Gasteiger partial charge is 0.196 e. The Kier molecular flexibility index (Phi) is 4.27. The molecule has 0 bridgehead atoms. The lowest BCUT2D eigenvalue weighted by Gasteiger charge is -2.08. The van der Waals surface area contributed by atoms with Gasteiger partial charge in [0.1, 0.15) is 0 Å². The van der Waals surface area contributed by atoms with Gasteiger partial charge in [-0.15, -0.1) is 0 Å². The molecule has 0 unspecified atom stereocenters. The first kappa shape index (κ1) is 18.3. The van der Waals surface area contributed by atoms with E-state index in [1.807, 2.05) is 41.3 Å². The molecule has 0 saturated carbocycles. The third-order valence-electron chi connectivity index (χ3n) is 5.65. The Morgan fingerprint density at radius 2 is 2.00 bits per heavy atom. The van der Waals surface area contributed by atoms with Crippen molar-refractivity contribution in [1.82, 2.24) is 19.7 Å². The van der Waals surface area contributed by atoms with E-state index in [-0.39, 0.29) is 5.78 Å². The fraction of sp³-hybridized carbons (Fsp3) is 0.208. The molecule has 1 aliphatic carbocycles. The van der Waals surface area contributed by atoms with Gasteiger partial charge >= 0.3 is 0 Å². The average molecular weight is 395 g/mol. The molecule has 0 atom stereocenters. The number of nitrogens with zero attached hydrogens (tertiary/aromatic N) is 4. The summed E-state index contributed by atoms with van der Waals surface area (Å²) in [5.41, 5.74) is 6.55. The summed E-state index contributed by atoms with van der Waals surface area (Å²) in [5.74, 6) is 0.0242. The molecule has 2 heterocycles. The van der Waals surface area contributed by atoms with Crippen molar-refractivity contribution in [3.8, 4) is 28.5 Å². The minimum absolute atomic E-state index is 0.0242. The Balaban J connectivity index is 1.47. The molecule has 2 aromatic heterocycles. The zero-order valence-corrected chi connectivity index (χ0v) is 16.9. The van der Waals surface area contributed by atoms with E-state index in [2.05, 4.69) is 35.1 Å². The van der Waals surface area contributed by atoms with Crippen molar-refractivity contribution in [3.05, 3.63) is 65.5 Å². The summed E-state index contributed by atoms with van der Waals surface area (Å²) in [6.45, 7) is 1.88. The fourth-order valence-electron chi connectivity index (χ4n) is 4.15. The minimum Gasteiger partial charge on any atom is -0.354 e. The van der Waals surface area contributed by atoms with Crippen molar-refractivity contribution in [3.63, 3.8) is 0 Å². The van der Waals surface area contributed by atoms with Crippen LogP contribution in [0.1, 0.15) is 27.9 Å². The second-order valence-corrected chi connectivity index (χ2v) is 7.99. The van der Waals surface area contributed by atoms with Gasteiger partial charge < -0.3 is 9.88 Å². The number of aryl methyl sites for hydroxylation is 1. The number of hydrogen-bond acceptors (Lipinski definition) is 4. The zero-order valence-electron chi connectivity index (χ0n) is 16.9. The largest absolute Gasteiger partial charge is 0.354 e. The van der Waals surface area contributed by atoms with E-state index in [0.29, 0.717) is 16.7 Å². The predicted octanol–water partition coefficient (Wildman–Crippen LogP) is 4.07. The first-order chi connectivity index (χ1) is 14.5. The topological polar surface area (TPSA) is 77.7 Å². The molecule has 1 N–H and O–H groups in total. The third-order valence-corrected chi connectivity index (χ3v) is 5.65. The lowest BCUT2D eigenvalue weighted by molar-refractivity contribution is 0.104. The van der Waals surface area contributed by atoms with Crippen LogP contribution in [0.4, 0.5) is 0 Å². The van der Waals surface area contributed by atoms with Crippen LogP contribution in [0, 0.1) is 11.3 Å². The highest BCUT2D eigenvalue weighted by molar-refractivity contribution is 6.27. The molecular weight excluding hydrogens is 374 g/mol. The van der Waals surface area contributed by atoms with Crippen LogP contribution in [0.2, 0.25) is 0 Å². The first-order valence-electron chi connectivity index (χ1n) is 9.97. The molecule has 1 aliphatic rings. The Morgan fingerprint density at radius 3 is 2.80 bits per heavy atom. The Morgan fingerprint density at radius 1 is 1.13 bits per heavy atom. The normalized spacial score (nSPS) is 12.4. The molecule has 30 heavy (non-hydrogen) atoms. The fourth-order valence-corrected chi connectivity index (χ4v) is 4.15. The average Bonchev–Trinajstić information content (AvgIpc) is 3.42. The Labute approximate surface area is 174 Å². The Hall–Kier alpha value is -3.69. The van der Waals surface area contributed by atoms with E-state index in [4.69, 9.17) is 5.26 Å². The maximum Gasteiger partial charge on any atom is 0.196 e. The number of nitrogens with one attached hydrogen (secondary N) is 1. The second kappa shape index (κ2) is 6.97. The number of carbonyl (C=O) groups is 1. The molecule has 6 heteroatoms. The van der Waals surface area contributed by atoms with E-state index < -0.39 is 0 Å². The highest BCUT2D eigenvalue weighted by atomic mass is 16.1. The number of rotatable bonds is 5. The van der Waals surface area contributed by atoms with Gasteiger partial charge in [-0.25, -0.2) is 0 Å². The molecule has 4 aromatic rings. The first-order valence-corrected chi connectivity index (χ1v) is 9.97. The molecule has 0 aliphatic heterocycles. The van der Waals surface area contributed by atoms with Crippen LogP contribution >= 0.6 is 0 Å². The standard InChI is InChI=1S/C24H21N5O/c1-28(2)8-3-9-29-14-17(13-26-29)16-5-7-18-20(11-16)24(30)22-19-6-4-15(12-25)10-21(19)27-23(18)22/h4-7,10-11,13-14,27H,3,8-9H2,1-2H3. The summed E-state index contributed by atoms with van der Waals surface area (Å²) in [6.07, 6.45) is 4.93. The van der Waals surface area contributed by atoms with Crippen LogP contribution in [0.15, 0.2) is 48.8 Å². The molecule has 0 saturated heterocycles. The monoisotopic (exact) mass is 395 g/mol. The predicted molar refractivity (Wildman–Crippen MR) is 116 cm³/mol. The van der Waals surface area contributed by atoms with Gasteiger partial charge in [-0.2, -0.15) is 10.4 Å². The van der Waals surface area contributed by atoms with E-state index in [9.17, 15) is 4.79 Å². The summed E-state index contributed by atoms with van der Waals surface area (Å²) < 4.78 is 1.96. The molecule has 0 amide bonds. The van der Waals surface area contributed by atoms with Crippen LogP contribution in [0.25, 0.3) is 33.3 Å². The van der Waals surface area contributed by atoms with Gasteiger partial charge in [-0.3, -0.25) is 9.48 Å². The van der Waals surface area contributed by atoms with Crippen molar-refractivity contribution in [2.24, 2.45) is 0 Å². The van der Waals surface area contributed by atoms with Crippen LogP contribution < -0.4 is 0 Å². The number of aromatic amines is 1. The highest BCUT2D eigenvalue weighted by Crippen LogP contribution is 2.41. The van der Waals surface area contributed by atoms with Gasteiger partial charge in [-0.05, 0) is 50.8 Å². The number of aromatic nitrogens is 3. The number of ketones is 1. The molecule has 0 fully saturated rings. The summed E-state index contributed by atoms with van der Waals surface area (Å²) in [4.78, 5) is 18.7. The van der Waals surface area contributed by atoms with E-state index in [1.165, 1.54) is 0 Å². The van der Waals surface area contributed by atoms with Crippen molar-refractivity contribution in [2.45, 2.75) is 13.0 Å². The maximum absolute atomic E-state index is 13.2. The quantitative estimate of drug-likeness (QED) is 0.487. The molecule has 0 spiro atoms. The van der Waals surface area contributed by atoms with E-state index in [0.717, 1.165) is 52.8 Å². The summed E-state index contributed by atoms with van der Waals surface area (Å²) in [7, 11) is 4.13. The second-order valence-electron chi connectivity index (χ2n) is 7.99. The maximum atomic E-state index is 13.2. The SMILES string of the molecule is CN(C)CCCn1cc(-c2ccc3c(c2)C(=O)c2c-3[nH]c3cc(C#N)ccc23)cn1. The van der Waals surface area contributed by atoms with Crippen LogP contribution in [0.3, 0.4) is 0 Å². The molecule has 6 nitrogen and oxygen atoms in total. The van der Waals surface area contributed by atoms with Crippen molar-refractivity contribution in [2.75, 3.05) is 20.6 Å². The van der Waals surface area contributed by atoms with Gasteiger partial charge in [-0.1, -0.05) is 18.2 Å². The number of hydrogen-bond donors (Lipinski definition) is 1. The lowest BCUT2D eigenvalue weighted by atomic mass is 10.0. The zero-order chi connectivity index (χ0) is 20.8. The number of benzene rings is 2. The lowest BCUT2D eigenvalue weighted by Crippen LogP contribution is -2.15. The van der Waals surface area contributed by atoms with Gasteiger partial charge in [0.05, 0.1) is 29.1 Å². The summed E-state index contributed by atoms with van der Waals surface area (Å²) >= 11 is 0. The van der Waals surface area contributed by atoms with E-state index in [1.54, 1.807) is 12.1 Å². The molecule has 148 valence electrons. The van der Waals surface area contributed by atoms with Crippen molar-refractivity contribution >= 4 is 16.7 Å². The number of H-pyrrole nitrogens is 1. The number of nitriles is 1. The molecule has 2 aromatic carbocycles. The van der Waals surface area contributed by atoms with E-state index >= 15 is 0 Å². The van der Waals surface area contributed by atoms with Gasteiger partial charge in [0.25, 0.3) is 0 Å². The van der Waals surface area contributed by atoms with Crippen LogP contribution in [0.5, 0.6) is 0 Å². The minimum atomic E-state index is 0.0242. The molecule has 0 radical (unpaired) electrons. The van der Waals surface area contributed by atoms with Gasteiger partial charge in [0.15, 0.2) is 5.78 Å². The third kappa shape index (κ3) is 2.92. The van der Waals surface area contributed by atoms with Gasteiger partial charge in [0, 0.05) is 40.3 Å².